The maximum atomic E-state index is 12.6. The molecule has 0 aliphatic carbocycles. The maximum Gasteiger partial charge on any atom is 0.250 e. The van der Waals surface area contributed by atoms with Crippen molar-refractivity contribution in [2.45, 2.75) is 43.4 Å². The van der Waals surface area contributed by atoms with Crippen LogP contribution in [0, 0.1) is 6.92 Å². The van der Waals surface area contributed by atoms with Crippen LogP contribution < -0.4 is 9.62 Å². The average Bonchev–Trinajstić information content (AvgIpc) is 3.27. The number of H-pyrrole nitrogens is 1. The third kappa shape index (κ3) is 3.71. The highest BCUT2D eigenvalue weighted by atomic mass is 32.2. The van der Waals surface area contributed by atoms with E-state index in [0.717, 1.165) is 59.8 Å². The van der Waals surface area contributed by atoms with E-state index in [2.05, 4.69) is 30.6 Å². The van der Waals surface area contributed by atoms with Crippen LogP contribution in [0.25, 0.3) is 11.0 Å². The van der Waals surface area contributed by atoms with Crippen LogP contribution in [0.5, 0.6) is 0 Å². The van der Waals surface area contributed by atoms with Gasteiger partial charge in [-0.2, -0.15) is 0 Å². The van der Waals surface area contributed by atoms with E-state index in [9.17, 15) is 8.42 Å². The van der Waals surface area contributed by atoms with Gasteiger partial charge in [-0.05, 0) is 44.4 Å². The van der Waals surface area contributed by atoms with Gasteiger partial charge in [-0.1, -0.05) is 6.92 Å². The van der Waals surface area contributed by atoms with Gasteiger partial charge in [-0.15, -0.1) is 11.3 Å². The number of hydrogen-bond donors (Lipinski definition) is 2. The number of fused-ring (bicyclic) bond motifs is 1. The van der Waals surface area contributed by atoms with E-state index in [-0.39, 0.29) is 6.04 Å². The van der Waals surface area contributed by atoms with Crippen LogP contribution in [0.1, 0.15) is 30.3 Å². The molecular weight excluding hydrogens is 382 g/mol. The van der Waals surface area contributed by atoms with E-state index >= 15 is 0 Å². The first kappa shape index (κ1) is 18.4. The molecule has 0 radical (unpaired) electrons. The first-order valence-electron chi connectivity index (χ1n) is 9.12. The number of thiophene rings is 1. The Hall–Kier alpha value is -1.97. The number of aromatic amines is 1. The Labute approximate surface area is 162 Å². The van der Waals surface area contributed by atoms with Gasteiger partial charge in [0.05, 0.1) is 5.39 Å². The molecule has 27 heavy (non-hydrogen) atoms. The lowest BCUT2D eigenvalue weighted by Gasteiger charge is -2.33. The summed E-state index contributed by atoms with van der Waals surface area (Å²) in [5.41, 5.74) is 1.89. The highest BCUT2D eigenvalue weighted by Gasteiger charge is 2.27. The summed E-state index contributed by atoms with van der Waals surface area (Å²) in [5.74, 6) is 0.913. The van der Waals surface area contributed by atoms with Crippen LogP contribution in [0.2, 0.25) is 0 Å². The fourth-order valence-corrected chi connectivity index (χ4v) is 6.11. The first-order chi connectivity index (χ1) is 13.0. The van der Waals surface area contributed by atoms with Gasteiger partial charge in [0, 0.05) is 29.7 Å². The zero-order valence-corrected chi connectivity index (χ0v) is 17.0. The molecule has 0 spiro atoms. The Balaban J connectivity index is 1.44. The number of nitrogens with zero attached hydrogens (tertiary/aromatic N) is 3. The van der Waals surface area contributed by atoms with E-state index in [1.54, 1.807) is 12.4 Å². The number of rotatable bonds is 5. The van der Waals surface area contributed by atoms with E-state index in [1.807, 2.05) is 19.9 Å². The predicted molar refractivity (Wildman–Crippen MR) is 108 cm³/mol. The van der Waals surface area contributed by atoms with E-state index < -0.39 is 10.0 Å². The van der Waals surface area contributed by atoms with Crippen LogP contribution in [-0.4, -0.2) is 42.5 Å². The minimum Gasteiger partial charge on any atom is -0.356 e. The number of anilines is 1. The van der Waals surface area contributed by atoms with Crippen molar-refractivity contribution in [2.75, 3.05) is 18.0 Å². The van der Waals surface area contributed by atoms with Crippen molar-refractivity contribution in [3.05, 3.63) is 35.1 Å². The molecular formula is C18H23N5O2S2. The second-order valence-electron chi connectivity index (χ2n) is 6.87. The van der Waals surface area contributed by atoms with Gasteiger partial charge >= 0.3 is 0 Å². The largest absolute Gasteiger partial charge is 0.356 e. The molecule has 3 aromatic rings. The molecule has 0 atom stereocenters. The maximum absolute atomic E-state index is 12.6. The van der Waals surface area contributed by atoms with Crippen molar-refractivity contribution >= 4 is 38.2 Å². The first-order valence-corrected chi connectivity index (χ1v) is 11.4. The Morgan fingerprint density at radius 1 is 1.30 bits per heavy atom. The Morgan fingerprint density at radius 2 is 2.07 bits per heavy atom. The van der Waals surface area contributed by atoms with E-state index in [0.29, 0.717) is 4.21 Å². The zero-order chi connectivity index (χ0) is 19.0. The number of aryl methyl sites for hydroxylation is 2. The third-order valence-corrected chi connectivity index (χ3v) is 8.15. The molecule has 0 unspecified atom stereocenters. The van der Waals surface area contributed by atoms with Crippen LogP contribution in [0.3, 0.4) is 0 Å². The Bertz CT molecular complexity index is 1050. The van der Waals surface area contributed by atoms with Crippen molar-refractivity contribution in [3.8, 4) is 0 Å². The van der Waals surface area contributed by atoms with Gasteiger partial charge in [0.15, 0.2) is 0 Å². The molecule has 2 N–H and O–H groups in total. The van der Waals surface area contributed by atoms with Crippen molar-refractivity contribution < 1.29 is 8.42 Å². The second-order valence-corrected chi connectivity index (χ2v) is 9.98. The summed E-state index contributed by atoms with van der Waals surface area (Å²) >= 11 is 1.35. The second kappa shape index (κ2) is 7.21. The van der Waals surface area contributed by atoms with Gasteiger partial charge in [-0.3, -0.25) is 0 Å². The fourth-order valence-electron chi connectivity index (χ4n) is 3.49. The third-order valence-electron chi connectivity index (χ3n) is 4.91. The molecule has 0 aromatic carbocycles. The quantitative estimate of drug-likeness (QED) is 0.681. The Morgan fingerprint density at radius 3 is 2.78 bits per heavy atom. The molecule has 9 heteroatoms. The number of sulfonamides is 1. The van der Waals surface area contributed by atoms with Gasteiger partial charge in [0.2, 0.25) is 10.0 Å². The monoisotopic (exact) mass is 405 g/mol. The molecule has 1 saturated heterocycles. The molecule has 0 amide bonds. The van der Waals surface area contributed by atoms with Crippen molar-refractivity contribution in [1.82, 2.24) is 19.7 Å². The molecule has 0 saturated carbocycles. The normalized spacial score (nSPS) is 16.3. The van der Waals surface area contributed by atoms with Gasteiger partial charge in [-0.25, -0.2) is 23.1 Å². The topological polar surface area (TPSA) is 91.0 Å². The van der Waals surface area contributed by atoms with Gasteiger partial charge in [0.25, 0.3) is 0 Å². The lowest BCUT2D eigenvalue weighted by Crippen LogP contribution is -2.44. The SMILES string of the molecule is CCc1ccc(S(=O)(=O)NC2CCN(c3ncnc4[nH]c(C)cc34)CC2)s1. The van der Waals surface area contributed by atoms with E-state index in [1.165, 1.54) is 11.3 Å². The van der Waals surface area contributed by atoms with Gasteiger partial charge < -0.3 is 9.88 Å². The number of aromatic nitrogens is 3. The van der Waals surface area contributed by atoms with E-state index in [4.69, 9.17) is 0 Å². The molecule has 7 nitrogen and oxygen atoms in total. The standard InChI is InChI=1S/C18H23N5O2S2/c1-3-14-4-5-16(26-14)27(24,25)22-13-6-8-23(9-7-13)18-15-10-12(2)21-17(15)19-11-20-18/h4-5,10-11,13,22H,3,6-9H2,1-2H3,(H,19,20,21). The van der Waals surface area contributed by atoms with Crippen LogP contribution in [0.4, 0.5) is 5.82 Å². The molecule has 1 aliphatic heterocycles. The minimum absolute atomic E-state index is 0.0521. The molecule has 144 valence electrons. The lowest BCUT2D eigenvalue weighted by atomic mass is 10.1. The Kier molecular flexibility index (Phi) is 4.92. The van der Waals surface area contributed by atoms with Crippen LogP contribution in [-0.2, 0) is 16.4 Å². The molecule has 3 aromatic heterocycles. The zero-order valence-electron chi connectivity index (χ0n) is 15.4. The average molecular weight is 406 g/mol. The van der Waals surface area contributed by atoms with Crippen LogP contribution >= 0.6 is 11.3 Å². The summed E-state index contributed by atoms with van der Waals surface area (Å²) in [6.07, 6.45) is 3.93. The minimum atomic E-state index is -3.44. The van der Waals surface area contributed by atoms with Crippen molar-refractivity contribution in [2.24, 2.45) is 0 Å². The smallest absolute Gasteiger partial charge is 0.250 e. The highest BCUT2D eigenvalue weighted by Crippen LogP contribution is 2.27. The summed E-state index contributed by atoms with van der Waals surface area (Å²) < 4.78 is 28.5. The molecule has 1 fully saturated rings. The number of nitrogens with one attached hydrogen (secondary N) is 2. The van der Waals surface area contributed by atoms with Crippen LogP contribution in [0.15, 0.2) is 28.7 Å². The summed E-state index contributed by atoms with van der Waals surface area (Å²) in [6.45, 7) is 5.55. The summed E-state index contributed by atoms with van der Waals surface area (Å²) in [5, 5.41) is 1.01. The van der Waals surface area contributed by atoms with Gasteiger partial charge in [0.1, 0.15) is 22.0 Å². The highest BCUT2D eigenvalue weighted by molar-refractivity contribution is 7.91. The summed E-state index contributed by atoms with van der Waals surface area (Å²) in [7, 11) is -3.44. The van der Waals surface area contributed by atoms with Crippen molar-refractivity contribution in [1.29, 1.82) is 0 Å². The summed E-state index contributed by atoms with van der Waals surface area (Å²) in [6, 6.07) is 5.60. The number of hydrogen-bond acceptors (Lipinski definition) is 6. The fraction of sp³-hybridized carbons (Fsp3) is 0.444. The summed E-state index contributed by atoms with van der Waals surface area (Å²) in [4.78, 5) is 15.3. The van der Waals surface area contributed by atoms with Crippen molar-refractivity contribution in [3.63, 3.8) is 0 Å². The predicted octanol–water partition coefficient (Wildman–Crippen LogP) is 2.84. The molecule has 4 rings (SSSR count). The molecule has 0 bridgehead atoms. The molecule has 1 aliphatic rings. The lowest BCUT2D eigenvalue weighted by molar-refractivity contribution is 0.459. The molecule has 4 heterocycles. The number of piperidine rings is 1.